The van der Waals surface area contributed by atoms with E-state index in [1.54, 1.807) is 14.0 Å². The molecule has 0 aliphatic heterocycles. The number of allylic oxidation sites excluding steroid dienone is 1. The second-order valence-corrected chi connectivity index (χ2v) is 5.21. The normalized spacial score (nSPS) is 12.6. The van der Waals surface area contributed by atoms with Crippen molar-refractivity contribution in [3.63, 3.8) is 0 Å². The van der Waals surface area contributed by atoms with E-state index in [4.69, 9.17) is 4.43 Å². The van der Waals surface area contributed by atoms with Crippen molar-refractivity contribution >= 4 is 14.4 Å². The molecule has 0 heterocycles. The van der Waals surface area contributed by atoms with Gasteiger partial charge in [-0.25, -0.2) is 0 Å². The Morgan fingerprint density at radius 1 is 1.64 bits per heavy atom. The van der Waals surface area contributed by atoms with E-state index in [2.05, 4.69) is 13.5 Å². The lowest BCUT2D eigenvalue weighted by Gasteiger charge is -2.09. The van der Waals surface area contributed by atoms with Crippen molar-refractivity contribution in [1.82, 2.24) is 0 Å². The molecule has 2 nitrogen and oxygen atoms in total. The summed E-state index contributed by atoms with van der Waals surface area (Å²) in [6.07, 6.45) is 1.02. The first-order valence-electron chi connectivity index (χ1n) is 3.86. The van der Waals surface area contributed by atoms with Gasteiger partial charge in [0.05, 0.1) is 0 Å². The highest BCUT2D eigenvalue weighted by Gasteiger charge is 2.19. The van der Waals surface area contributed by atoms with E-state index < -0.39 is 9.04 Å². The minimum atomic E-state index is -1.60. The third kappa shape index (κ3) is 3.48. The predicted octanol–water partition coefficient (Wildman–Crippen LogP) is 1.45. The molecule has 64 valence electrons. The minimum Gasteiger partial charge on any atom is -0.415 e. The summed E-state index contributed by atoms with van der Waals surface area (Å²) in [5.74, 6) is 0. The lowest BCUT2D eigenvalue weighted by atomic mass is 10.4. The van der Waals surface area contributed by atoms with Gasteiger partial charge in [0.15, 0.2) is 5.41 Å². The Balaban J connectivity index is 4.02. The third-order valence-corrected chi connectivity index (χ3v) is 4.30. The van der Waals surface area contributed by atoms with Crippen molar-refractivity contribution in [3.8, 4) is 0 Å². The molecule has 0 bridgehead atoms. The Bertz CT molecular complexity index is 154. The van der Waals surface area contributed by atoms with Gasteiger partial charge in [-0.3, -0.25) is 4.79 Å². The van der Waals surface area contributed by atoms with E-state index in [0.29, 0.717) is 5.57 Å². The van der Waals surface area contributed by atoms with Crippen LogP contribution in [0.2, 0.25) is 6.04 Å². The average Bonchev–Trinajstić information content (AvgIpc) is 1.98. The van der Waals surface area contributed by atoms with Crippen LogP contribution in [0.4, 0.5) is 0 Å². The molecule has 1 atom stereocenters. The number of hydrogen-bond acceptors (Lipinski definition) is 2. The van der Waals surface area contributed by atoms with Crippen molar-refractivity contribution in [1.29, 1.82) is 0 Å². The molecule has 0 aromatic rings. The molecule has 0 aromatic carbocycles. The van der Waals surface area contributed by atoms with E-state index >= 15 is 0 Å². The largest absolute Gasteiger partial charge is 0.415 e. The molecule has 0 fully saturated rings. The highest BCUT2D eigenvalue weighted by atomic mass is 28.3. The van der Waals surface area contributed by atoms with Gasteiger partial charge in [-0.05, 0) is 18.5 Å². The fourth-order valence-corrected chi connectivity index (χ4v) is 2.68. The molecule has 0 spiro atoms. The second-order valence-electron chi connectivity index (χ2n) is 2.66. The van der Waals surface area contributed by atoms with Crippen LogP contribution in [0.5, 0.6) is 0 Å². The molecule has 0 radical (unpaired) electrons. The number of hydrogen-bond donors (Lipinski definition) is 0. The standard InChI is InChI=1S/C8H16O2Si/c1-5-6-11(10-4)8(9)7(2)3/h11H,2,5-6H2,1,3-4H3. The molecule has 1 unspecified atom stereocenters. The minimum absolute atomic E-state index is 0.161. The first-order valence-corrected chi connectivity index (χ1v) is 5.72. The van der Waals surface area contributed by atoms with E-state index in [1.807, 2.05) is 0 Å². The molecule has 0 amide bonds. The van der Waals surface area contributed by atoms with E-state index in [-0.39, 0.29) is 5.41 Å². The summed E-state index contributed by atoms with van der Waals surface area (Å²) in [6, 6.07) is 0.919. The van der Waals surface area contributed by atoms with Crippen molar-refractivity contribution in [2.75, 3.05) is 7.11 Å². The number of rotatable bonds is 5. The number of carbonyl (C=O) groups excluding carboxylic acids is 1. The molecule has 11 heavy (non-hydrogen) atoms. The lowest BCUT2D eigenvalue weighted by Crippen LogP contribution is -2.28. The van der Waals surface area contributed by atoms with Gasteiger partial charge >= 0.3 is 0 Å². The summed E-state index contributed by atoms with van der Waals surface area (Å²) in [5.41, 5.74) is 0.636. The van der Waals surface area contributed by atoms with Crippen molar-refractivity contribution in [3.05, 3.63) is 12.2 Å². The van der Waals surface area contributed by atoms with Crippen LogP contribution < -0.4 is 0 Å². The van der Waals surface area contributed by atoms with Crippen LogP contribution >= 0.6 is 0 Å². The third-order valence-electron chi connectivity index (χ3n) is 1.55. The molecule has 0 aliphatic carbocycles. The molecule has 0 saturated carbocycles. The molecule has 3 heteroatoms. The van der Waals surface area contributed by atoms with E-state index in [9.17, 15) is 4.79 Å². The monoisotopic (exact) mass is 172 g/mol. The maximum Gasteiger partial charge on any atom is 0.254 e. The first-order chi connectivity index (χ1) is 5.13. The van der Waals surface area contributed by atoms with Crippen molar-refractivity contribution < 1.29 is 9.22 Å². The summed E-state index contributed by atoms with van der Waals surface area (Å²) in [7, 11) is 0.0150. The van der Waals surface area contributed by atoms with Crippen LogP contribution in [0.1, 0.15) is 20.3 Å². The molecule has 0 rings (SSSR count). The van der Waals surface area contributed by atoms with Gasteiger partial charge in [-0.15, -0.1) is 0 Å². The summed E-state index contributed by atoms with van der Waals surface area (Å²) in [4.78, 5) is 11.3. The zero-order valence-corrected chi connectivity index (χ0v) is 8.67. The van der Waals surface area contributed by atoms with E-state index in [1.165, 1.54) is 0 Å². The Morgan fingerprint density at radius 2 is 2.18 bits per heavy atom. The van der Waals surface area contributed by atoms with Crippen LogP contribution in [0.25, 0.3) is 0 Å². The van der Waals surface area contributed by atoms with Crippen LogP contribution in [0.3, 0.4) is 0 Å². The molecule has 0 saturated heterocycles. The molecular formula is C8H16O2Si. The second kappa shape index (κ2) is 5.27. The van der Waals surface area contributed by atoms with Gasteiger partial charge in [0, 0.05) is 7.11 Å². The van der Waals surface area contributed by atoms with Crippen LogP contribution in [0.15, 0.2) is 12.2 Å². The predicted molar refractivity (Wildman–Crippen MR) is 49.1 cm³/mol. The van der Waals surface area contributed by atoms with Gasteiger partial charge in [-0.1, -0.05) is 19.9 Å². The summed E-state index contributed by atoms with van der Waals surface area (Å²) < 4.78 is 5.14. The van der Waals surface area contributed by atoms with Gasteiger partial charge in [0.2, 0.25) is 0 Å². The molecule has 0 aromatic heterocycles. The maximum absolute atomic E-state index is 11.3. The molecular weight excluding hydrogens is 156 g/mol. The first kappa shape index (κ1) is 10.6. The van der Waals surface area contributed by atoms with Gasteiger partial charge in [-0.2, -0.15) is 0 Å². The van der Waals surface area contributed by atoms with Crippen LogP contribution in [-0.2, 0) is 9.22 Å². The van der Waals surface area contributed by atoms with Crippen molar-refractivity contribution in [2.45, 2.75) is 26.3 Å². The zero-order chi connectivity index (χ0) is 8.85. The molecule has 0 aliphatic rings. The van der Waals surface area contributed by atoms with Crippen molar-refractivity contribution in [2.24, 2.45) is 0 Å². The van der Waals surface area contributed by atoms with E-state index in [0.717, 1.165) is 12.5 Å². The summed E-state index contributed by atoms with van der Waals surface area (Å²) in [5, 5.41) is 0.161. The average molecular weight is 172 g/mol. The molecule has 0 N–H and O–H groups in total. The zero-order valence-electron chi connectivity index (χ0n) is 7.52. The highest BCUT2D eigenvalue weighted by molar-refractivity contribution is 6.88. The van der Waals surface area contributed by atoms with Crippen LogP contribution in [0, 0.1) is 0 Å². The van der Waals surface area contributed by atoms with Gasteiger partial charge in [0.25, 0.3) is 9.04 Å². The summed E-state index contributed by atoms with van der Waals surface area (Å²) in [6.45, 7) is 7.42. The van der Waals surface area contributed by atoms with Gasteiger partial charge in [0.1, 0.15) is 0 Å². The smallest absolute Gasteiger partial charge is 0.254 e. The van der Waals surface area contributed by atoms with Crippen LogP contribution in [-0.4, -0.2) is 21.6 Å². The quantitative estimate of drug-likeness (QED) is 0.463. The fourth-order valence-electron chi connectivity index (χ4n) is 0.893. The Morgan fingerprint density at radius 3 is 2.45 bits per heavy atom. The Kier molecular flexibility index (Phi) is 5.07. The lowest BCUT2D eigenvalue weighted by molar-refractivity contribution is -0.110. The highest BCUT2D eigenvalue weighted by Crippen LogP contribution is 2.03. The Labute approximate surface area is 70.0 Å². The fraction of sp³-hybridized carbons (Fsp3) is 0.625. The number of carbonyl (C=O) groups is 1. The summed E-state index contributed by atoms with van der Waals surface area (Å²) >= 11 is 0. The van der Waals surface area contributed by atoms with Gasteiger partial charge < -0.3 is 4.43 Å². The Hall–Kier alpha value is -0.413. The SMILES string of the molecule is C=C(C)C(=O)[SiH](CCC)OC. The topological polar surface area (TPSA) is 26.3 Å². The maximum atomic E-state index is 11.3.